The zero-order chi connectivity index (χ0) is 27.0. The molecule has 2 heterocycles. The highest BCUT2D eigenvalue weighted by molar-refractivity contribution is 6.37. The van der Waals surface area contributed by atoms with E-state index in [1.165, 1.54) is 55.5 Å². The number of nitrogens with zero attached hydrogens (tertiary/aromatic N) is 2. The van der Waals surface area contributed by atoms with Crippen molar-refractivity contribution in [2.24, 2.45) is 0 Å². The van der Waals surface area contributed by atoms with Gasteiger partial charge in [-0.2, -0.15) is 0 Å². The number of ether oxygens (including phenoxy) is 2. The number of amides is 2. The van der Waals surface area contributed by atoms with Gasteiger partial charge in [-0.15, -0.1) is 0 Å². The van der Waals surface area contributed by atoms with Gasteiger partial charge in [0.2, 0.25) is 0 Å². The van der Waals surface area contributed by atoms with Crippen LogP contribution < -0.4 is 9.64 Å². The van der Waals surface area contributed by atoms with Crippen molar-refractivity contribution in [3.05, 3.63) is 101 Å². The topological polar surface area (TPSA) is 120 Å². The summed E-state index contributed by atoms with van der Waals surface area (Å²) in [7, 11) is 0. The van der Waals surface area contributed by atoms with E-state index in [1.54, 1.807) is 25.1 Å². The summed E-state index contributed by atoms with van der Waals surface area (Å²) in [6.07, 6.45) is 0. The van der Waals surface area contributed by atoms with Crippen molar-refractivity contribution in [2.45, 2.75) is 13.8 Å². The number of ketones is 1. The first-order valence-corrected chi connectivity index (χ1v) is 11.6. The van der Waals surface area contributed by atoms with Crippen molar-refractivity contribution < 1.29 is 33.4 Å². The molecule has 1 aliphatic rings. The van der Waals surface area contributed by atoms with Gasteiger partial charge in [0.05, 0.1) is 33.6 Å². The van der Waals surface area contributed by atoms with Crippen molar-refractivity contribution >= 4 is 46.1 Å². The van der Waals surface area contributed by atoms with Crippen LogP contribution in [0.2, 0.25) is 0 Å². The number of anilines is 1. The van der Waals surface area contributed by atoms with Crippen LogP contribution in [0.1, 0.15) is 54.0 Å². The zero-order valence-electron chi connectivity index (χ0n) is 20.4. The summed E-state index contributed by atoms with van der Waals surface area (Å²) in [6, 6.07) is 18.8. The number of para-hydroxylation sites is 1. The van der Waals surface area contributed by atoms with Gasteiger partial charge in [0.25, 0.3) is 11.8 Å². The fourth-order valence-corrected chi connectivity index (χ4v) is 4.29. The molecule has 0 saturated heterocycles. The SMILES string of the molecule is CC(=O)Oc1ccc(C(=O)COC(=O)c2ccc(N3C(=O)c4c(C)nc5ccccc5c4C3=O)cc2)cc1. The number of aromatic nitrogens is 1. The van der Waals surface area contributed by atoms with Crippen molar-refractivity contribution in [1.29, 1.82) is 0 Å². The number of fused-ring (bicyclic) bond motifs is 3. The average molecular weight is 508 g/mol. The third-order valence-electron chi connectivity index (χ3n) is 6.04. The molecule has 9 heteroatoms. The maximum Gasteiger partial charge on any atom is 0.338 e. The lowest BCUT2D eigenvalue weighted by Crippen LogP contribution is -2.29. The third kappa shape index (κ3) is 4.41. The third-order valence-corrected chi connectivity index (χ3v) is 6.04. The van der Waals surface area contributed by atoms with Gasteiger partial charge >= 0.3 is 11.9 Å². The Morgan fingerprint density at radius 1 is 0.816 bits per heavy atom. The lowest BCUT2D eigenvalue weighted by atomic mass is 10.0. The number of esters is 2. The summed E-state index contributed by atoms with van der Waals surface area (Å²) >= 11 is 0. The molecule has 0 fully saturated rings. The summed E-state index contributed by atoms with van der Waals surface area (Å²) in [5.41, 5.74) is 2.38. The van der Waals surface area contributed by atoms with Gasteiger partial charge in [0, 0.05) is 17.9 Å². The molecule has 0 bridgehead atoms. The second kappa shape index (κ2) is 9.70. The Kier molecular flexibility index (Phi) is 6.26. The molecule has 0 saturated carbocycles. The van der Waals surface area contributed by atoms with Crippen LogP contribution in [0.25, 0.3) is 10.9 Å². The quantitative estimate of drug-likeness (QED) is 0.164. The van der Waals surface area contributed by atoms with Crippen molar-refractivity contribution in [1.82, 2.24) is 4.98 Å². The van der Waals surface area contributed by atoms with Gasteiger partial charge in [0.15, 0.2) is 12.4 Å². The van der Waals surface area contributed by atoms with Crippen LogP contribution in [0.3, 0.4) is 0 Å². The molecule has 2 amide bonds. The molecule has 38 heavy (non-hydrogen) atoms. The standard InChI is InChI=1S/C29H20N2O7/c1-16-25-26(22-5-3-4-6-23(22)30-16)28(35)31(27(25)34)20-11-7-19(8-12-20)29(36)37-15-24(33)18-9-13-21(14-10-18)38-17(2)32/h3-14H,15H2,1-2H3. The monoisotopic (exact) mass is 508 g/mol. The van der Waals surface area contributed by atoms with Gasteiger partial charge in [-0.1, -0.05) is 18.2 Å². The Hall–Kier alpha value is -5.18. The minimum atomic E-state index is -0.741. The van der Waals surface area contributed by atoms with Gasteiger partial charge in [-0.3, -0.25) is 24.2 Å². The molecule has 9 nitrogen and oxygen atoms in total. The lowest BCUT2D eigenvalue weighted by molar-refractivity contribution is -0.131. The molecule has 3 aromatic carbocycles. The molecular weight excluding hydrogens is 488 g/mol. The van der Waals surface area contributed by atoms with Crippen LogP contribution in [-0.4, -0.2) is 41.1 Å². The van der Waals surface area contributed by atoms with E-state index in [-0.39, 0.29) is 16.7 Å². The van der Waals surface area contributed by atoms with Gasteiger partial charge in [-0.05, 0) is 61.5 Å². The number of aryl methyl sites for hydroxylation is 1. The van der Waals surface area contributed by atoms with Crippen LogP contribution in [-0.2, 0) is 9.53 Å². The Morgan fingerprint density at radius 3 is 2.13 bits per heavy atom. The van der Waals surface area contributed by atoms with E-state index in [1.807, 2.05) is 6.07 Å². The molecule has 0 unspecified atom stereocenters. The van der Waals surface area contributed by atoms with E-state index in [4.69, 9.17) is 9.47 Å². The van der Waals surface area contributed by atoms with E-state index < -0.39 is 36.1 Å². The Bertz CT molecular complexity index is 1640. The number of hydrogen-bond acceptors (Lipinski definition) is 8. The van der Waals surface area contributed by atoms with Crippen LogP contribution in [0, 0.1) is 6.92 Å². The van der Waals surface area contributed by atoms with Crippen LogP contribution in [0.5, 0.6) is 5.75 Å². The molecule has 0 spiro atoms. The number of carbonyl (C=O) groups is 5. The fourth-order valence-electron chi connectivity index (χ4n) is 4.29. The smallest absolute Gasteiger partial charge is 0.338 e. The second-order valence-electron chi connectivity index (χ2n) is 8.57. The number of rotatable bonds is 6. The fraction of sp³-hybridized carbons (Fsp3) is 0.103. The van der Waals surface area contributed by atoms with Crippen LogP contribution >= 0.6 is 0 Å². The van der Waals surface area contributed by atoms with E-state index >= 15 is 0 Å². The Morgan fingerprint density at radius 2 is 1.45 bits per heavy atom. The molecule has 5 rings (SSSR count). The molecule has 1 aromatic heterocycles. The summed E-state index contributed by atoms with van der Waals surface area (Å²) in [5, 5.41) is 0.597. The van der Waals surface area contributed by atoms with Gasteiger partial charge < -0.3 is 9.47 Å². The molecule has 0 atom stereocenters. The van der Waals surface area contributed by atoms with Gasteiger partial charge in [-0.25, -0.2) is 9.69 Å². The molecular formula is C29H20N2O7. The van der Waals surface area contributed by atoms with Crippen molar-refractivity contribution in [2.75, 3.05) is 11.5 Å². The Labute approximate surface area is 216 Å². The van der Waals surface area contributed by atoms with E-state index in [0.29, 0.717) is 33.6 Å². The normalized spacial score (nSPS) is 12.4. The minimum Gasteiger partial charge on any atom is -0.454 e. The lowest BCUT2D eigenvalue weighted by Gasteiger charge is -2.14. The van der Waals surface area contributed by atoms with Crippen LogP contribution in [0.15, 0.2) is 72.8 Å². The molecule has 188 valence electrons. The number of imide groups is 1. The number of hydrogen-bond donors (Lipinski definition) is 0. The summed E-state index contributed by atoms with van der Waals surface area (Å²) in [4.78, 5) is 67.9. The average Bonchev–Trinajstić information content (AvgIpc) is 3.18. The number of pyridine rings is 1. The molecule has 0 N–H and O–H groups in total. The maximum atomic E-state index is 13.3. The number of carbonyl (C=O) groups excluding carboxylic acids is 5. The Balaban J connectivity index is 1.28. The number of Topliss-reactive ketones (excluding diaryl/α,β-unsaturated/α-hetero) is 1. The first kappa shape index (κ1) is 24.5. The molecule has 0 radical (unpaired) electrons. The van der Waals surface area contributed by atoms with Gasteiger partial charge in [0.1, 0.15) is 5.75 Å². The predicted octanol–water partition coefficient (Wildman–Crippen LogP) is 4.31. The summed E-state index contributed by atoms with van der Waals surface area (Å²) in [5.74, 6) is -2.31. The first-order chi connectivity index (χ1) is 18.2. The largest absolute Gasteiger partial charge is 0.454 e. The summed E-state index contributed by atoms with van der Waals surface area (Å²) < 4.78 is 10.1. The molecule has 1 aliphatic heterocycles. The van der Waals surface area contributed by atoms with Crippen molar-refractivity contribution in [3.63, 3.8) is 0 Å². The van der Waals surface area contributed by atoms with Crippen LogP contribution in [0.4, 0.5) is 5.69 Å². The zero-order valence-corrected chi connectivity index (χ0v) is 20.4. The van der Waals surface area contributed by atoms with E-state index in [2.05, 4.69) is 4.98 Å². The highest BCUT2D eigenvalue weighted by Gasteiger charge is 2.40. The number of benzene rings is 3. The van der Waals surface area contributed by atoms with E-state index in [0.717, 1.165) is 4.90 Å². The second-order valence-corrected chi connectivity index (χ2v) is 8.57. The minimum absolute atomic E-state index is 0.145. The molecule has 0 aliphatic carbocycles. The first-order valence-electron chi connectivity index (χ1n) is 11.6. The predicted molar refractivity (Wildman–Crippen MR) is 136 cm³/mol. The van der Waals surface area contributed by atoms with Crippen molar-refractivity contribution in [3.8, 4) is 5.75 Å². The highest BCUT2D eigenvalue weighted by Crippen LogP contribution is 2.34. The molecule has 4 aromatic rings. The highest BCUT2D eigenvalue weighted by atomic mass is 16.5. The summed E-state index contributed by atoms with van der Waals surface area (Å²) in [6.45, 7) is 2.46. The maximum absolute atomic E-state index is 13.3. The van der Waals surface area contributed by atoms with E-state index in [9.17, 15) is 24.0 Å².